The summed E-state index contributed by atoms with van der Waals surface area (Å²) in [5, 5.41) is 3.14. The van der Waals surface area contributed by atoms with E-state index in [4.69, 9.17) is 5.73 Å². The first-order chi connectivity index (χ1) is 7.57. The van der Waals surface area contributed by atoms with Crippen LogP contribution in [-0.2, 0) is 4.79 Å². The van der Waals surface area contributed by atoms with Crippen molar-refractivity contribution >= 4 is 5.91 Å². The van der Waals surface area contributed by atoms with Gasteiger partial charge in [-0.25, -0.2) is 0 Å². The molecule has 1 aliphatic carbocycles. The predicted molar refractivity (Wildman–Crippen MR) is 64.0 cm³/mol. The van der Waals surface area contributed by atoms with Crippen LogP contribution in [0.25, 0.3) is 0 Å². The van der Waals surface area contributed by atoms with Gasteiger partial charge >= 0.3 is 0 Å². The average molecular weight is 225 g/mol. The van der Waals surface area contributed by atoms with Crippen molar-refractivity contribution in [2.75, 3.05) is 20.1 Å². The molecule has 2 fully saturated rings. The van der Waals surface area contributed by atoms with Crippen molar-refractivity contribution in [3.63, 3.8) is 0 Å². The minimum atomic E-state index is -0.448. The molecule has 3 unspecified atom stereocenters. The molecule has 4 nitrogen and oxygen atoms in total. The number of nitrogens with zero attached hydrogens (tertiary/aromatic N) is 1. The van der Waals surface area contributed by atoms with Gasteiger partial charge in [0, 0.05) is 12.6 Å². The van der Waals surface area contributed by atoms with E-state index in [-0.39, 0.29) is 5.91 Å². The molecule has 1 saturated carbocycles. The van der Waals surface area contributed by atoms with E-state index in [1.165, 1.54) is 19.5 Å². The van der Waals surface area contributed by atoms with E-state index in [1.54, 1.807) is 0 Å². The lowest BCUT2D eigenvalue weighted by atomic mass is 9.96. The molecule has 0 spiro atoms. The van der Waals surface area contributed by atoms with Gasteiger partial charge in [0.25, 0.3) is 0 Å². The number of nitrogens with one attached hydrogen (secondary N) is 1. The molecule has 1 heterocycles. The Bertz CT molecular complexity index is 281. The summed E-state index contributed by atoms with van der Waals surface area (Å²) in [6, 6.07) is 0.546. The second-order valence-corrected chi connectivity index (χ2v) is 5.48. The third-order valence-corrected chi connectivity index (χ3v) is 4.41. The lowest BCUT2D eigenvalue weighted by Crippen LogP contribution is -2.53. The molecule has 1 amide bonds. The zero-order valence-electron chi connectivity index (χ0n) is 10.3. The molecular formula is C12H23N3O. The molecule has 3 N–H and O–H groups in total. The standard InChI is InChI=1S/C12H23N3O/c1-9-4-6-15(8-9)10-3-5-12(7-10,14-2)11(13)16/h9-10,14H,3-8H2,1-2H3,(H2,13,16). The van der Waals surface area contributed by atoms with E-state index in [1.807, 2.05) is 7.05 Å². The highest BCUT2D eigenvalue weighted by Crippen LogP contribution is 2.35. The summed E-state index contributed by atoms with van der Waals surface area (Å²) in [7, 11) is 1.85. The highest BCUT2D eigenvalue weighted by atomic mass is 16.1. The largest absolute Gasteiger partial charge is 0.368 e. The molecule has 0 aromatic heterocycles. The number of carbonyl (C=O) groups is 1. The third kappa shape index (κ3) is 1.96. The van der Waals surface area contributed by atoms with Crippen LogP contribution in [0.2, 0.25) is 0 Å². The van der Waals surface area contributed by atoms with Crippen molar-refractivity contribution in [2.24, 2.45) is 11.7 Å². The third-order valence-electron chi connectivity index (χ3n) is 4.41. The number of hydrogen-bond acceptors (Lipinski definition) is 3. The number of hydrogen-bond donors (Lipinski definition) is 2. The summed E-state index contributed by atoms with van der Waals surface area (Å²) in [6.45, 7) is 4.67. The van der Waals surface area contributed by atoms with Gasteiger partial charge in [-0.3, -0.25) is 4.79 Å². The SMILES string of the molecule is CNC1(C(N)=O)CCC(N2CCC(C)C2)C1. The van der Waals surface area contributed by atoms with Crippen LogP contribution in [0, 0.1) is 5.92 Å². The highest BCUT2D eigenvalue weighted by Gasteiger charge is 2.45. The van der Waals surface area contributed by atoms with Crippen molar-refractivity contribution in [3.05, 3.63) is 0 Å². The van der Waals surface area contributed by atoms with Gasteiger partial charge in [-0.15, -0.1) is 0 Å². The molecule has 92 valence electrons. The summed E-state index contributed by atoms with van der Waals surface area (Å²) in [4.78, 5) is 14.1. The summed E-state index contributed by atoms with van der Waals surface area (Å²) >= 11 is 0. The number of likely N-dealkylation sites (tertiary alicyclic amines) is 1. The molecule has 1 saturated heterocycles. The fraction of sp³-hybridized carbons (Fsp3) is 0.917. The Labute approximate surface area is 97.6 Å². The maximum Gasteiger partial charge on any atom is 0.237 e. The van der Waals surface area contributed by atoms with Crippen molar-refractivity contribution < 1.29 is 4.79 Å². The van der Waals surface area contributed by atoms with E-state index >= 15 is 0 Å². The summed E-state index contributed by atoms with van der Waals surface area (Å²) in [5.74, 6) is 0.614. The number of likely N-dealkylation sites (N-methyl/N-ethyl adjacent to an activating group) is 1. The number of amides is 1. The van der Waals surface area contributed by atoms with Crippen molar-refractivity contribution in [1.29, 1.82) is 0 Å². The molecule has 0 bridgehead atoms. The van der Waals surface area contributed by atoms with Crippen LogP contribution >= 0.6 is 0 Å². The zero-order valence-corrected chi connectivity index (χ0v) is 10.3. The lowest BCUT2D eigenvalue weighted by Gasteiger charge is -2.28. The van der Waals surface area contributed by atoms with Gasteiger partial charge in [0.05, 0.1) is 5.54 Å². The van der Waals surface area contributed by atoms with Crippen molar-refractivity contribution in [2.45, 2.75) is 44.2 Å². The molecule has 0 aromatic rings. The van der Waals surface area contributed by atoms with Crippen LogP contribution in [0.4, 0.5) is 0 Å². The van der Waals surface area contributed by atoms with Gasteiger partial charge in [0.15, 0.2) is 0 Å². The number of carbonyl (C=O) groups excluding carboxylic acids is 1. The highest BCUT2D eigenvalue weighted by molar-refractivity contribution is 5.85. The Kier molecular flexibility index (Phi) is 3.22. The molecule has 1 aliphatic heterocycles. The van der Waals surface area contributed by atoms with E-state index < -0.39 is 5.54 Å². The maximum atomic E-state index is 11.5. The minimum Gasteiger partial charge on any atom is -0.368 e. The Balaban J connectivity index is 1.99. The van der Waals surface area contributed by atoms with E-state index in [0.29, 0.717) is 6.04 Å². The fourth-order valence-corrected chi connectivity index (χ4v) is 3.21. The van der Waals surface area contributed by atoms with Crippen LogP contribution < -0.4 is 11.1 Å². The van der Waals surface area contributed by atoms with Crippen molar-refractivity contribution in [1.82, 2.24) is 10.2 Å². The van der Waals surface area contributed by atoms with Crippen LogP contribution in [0.1, 0.15) is 32.6 Å². The molecule has 16 heavy (non-hydrogen) atoms. The van der Waals surface area contributed by atoms with Crippen LogP contribution in [0.5, 0.6) is 0 Å². The van der Waals surface area contributed by atoms with Crippen molar-refractivity contribution in [3.8, 4) is 0 Å². The number of nitrogens with two attached hydrogens (primary N) is 1. The topological polar surface area (TPSA) is 58.4 Å². The van der Waals surface area contributed by atoms with Crippen LogP contribution in [0.15, 0.2) is 0 Å². The van der Waals surface area contributed by atoms with Crippen LogP contribution in [-0.4, -0.2) is 42.5 Å². The number of primary amides is 1. The first-order valence-electron chi connectivity index (χ1n) is 6.30. The van der Waals surface area contributed by atoms with Crippen LogP contribution in [0.3, 0.4) is 0 Å². The molecule has 2 aliphatic rings. The molecular weight excluding hydrogens is 202 g/mol. The molecule has 0 radical (unpaired) electrons. The maximum absolute atomic E-state index is 11.5. The summed E-state index contributed by atoms with van der Waals surface area (Å²) in [6.07, 6.45) is 4.15. The Morgan fingerprint density at radius 2 is 2.25 bits per heavy atom. The first kappa shape index (κ1) is 11.9. The summed E-state index contributed by atoms with van der Waals surface area (Å²) in [5.41, 5.74) is 5.06. The molecule has 4 heteroatoms. The number of rotatable bonds is 3. The van der Waals surface area contributed by atoms with E-state index in [2.05, 4.69) is 17.1 Å². The fourth-order valence-electron chi connectivity index (χ4n) is 3.21. The quantitative estimate of drug-likeness (QED) is 0.727. The smallest absolute Gasteiger partial charge is 0.237 e. The first-order valence-corrected chi connectivity index (χ1v) is 6.30. The average Bonchev–Trinajstić information content (AvgIpc) is 2.84. The van der Waals surface area contributed by atoms with E-state index in [0.717, 1.165) is 25.2 Å². The monoisotopic (exact) mass is 225 g/mol. The second-order valence-electron chi connectivity index (χ2n) is 5.48. The van der Waals surface area contributed by atoms with Gasteiger partial charge < -0.3 is 16.0 Å². The lowest BCUT2D eigenvalue weighted by molar-refractivity contribution is -0.124. The predicted octanol–water partition coefficient (Wildman–Crippen LogP) is 0.324. The van der Waals surface area contributed by atoms with Gasteiger partial charge in [-0.05, 0) is 45.2 Å². The minimum absolute atomic E-state index is 0.190. The second kappa shape index (κ2) is 4.34. The molecule has 3 atom stereocenters. The zero-order chi connectivity index (χ0) is 11.8. The normalized spacial score (nSPS) is 40.4. The Morgan fingerprint density at radius 1 is 1.50 bits per heavy atom. The molecule has 2 rings (SSSR count). The summed E-state index contributed by atoms with van der Waals surface area (Å²) < 4.78 is 0. The molecule has 0 aromatic carbocycles. The van der Waals surface area contributed by atoms with Gasteiger partial charge in [0.1, 0.15) is 0 Å². The Morgan fingerprint density at radius 3 is 2.69 bits per heavy atom. The van der Waals surface area contributed by atoms with Gasteiger partial charge in [0.2, 0.25) is 5.91 Å². The van der Waals surface area contributed by atoms with E-state index in [9.17, 15) is 4.79 Å². The van der Waals surface area contributed by atoms with Gasteiger partial charge in [-0.1, -0.05) is 6.92 Å². The Hall–Kier alpha value is -0.610. The van der Waals surface area contributed by atoms with Gasteiger partial charge in [-0.2, -0.15) is 0 Å².